The van der Waals surface area contributed by atoms with Gasteiger partial charge in [-0.2, -0.15) is 8.78 Å². The number of carbonyl (C=O) groups is 1. The molecule has 3 N–H and O–H groups in total. The van der Waals surface area contributed by atoms with Gasteiger partial charge in [0, 0.05) is 0 Å². The van der Waals surface area contributed by atoms with Gasteiger partial charge in [0.25, 0.3) is 0 Å². The number of nitrogens with two attached hydrogens (primary N) is 1. The molecule has 1 aromatic carbocycles. The molecule has 16 heavy (non-hydrogen) atoms. The molecule has 1 aromatic rings. The molecule has 0 saturated heterocycles. The lowest BCUT2D eigenvalue weighted by Crippen LogP contribution is -2.47. The number of hydrogen-bond donors (Lipinski definition) is 2. The zero-order valence-corrected chi connectivity index (χ0v) is 8.67. The van der Waals surface area contributed by atoms with E-state index in [1.807, 2.05) is 6.92 Å². The third kappa shape index (κ3) is 2.90. The van der Waals surface area contributed by atoms with Crippen molar-refractivity contribution in [3.63, 3.8) is 0 Å². The highest BCUT2D eigenvalue weighted by Crippen LogP contribution is 2.22. The van der Waals surface area contributed by atoms with Gasteiger partial charge in [-0.3, -0.25) is 10.2 Å². The summed E-state index contributed by atoms with van der Waals surface area (Å²) in [6.45, 7) is 1.88. The summed E-state index contributed by atoms with van der Waals surface area (Å²) in [7, 11) is 0. The molecule has 0 spiro atoms. The molecule has 0 heterocycles. The summed E-state index contributed by atoms with van der Waals surface area (Å²) in [5.74, 6) is 2.85. The number of carbonyl (C=O) groups excluding carboxylic acids is 1. The van der Waals surface area contributed by atoms with Gasteiger partial charge in [-0.1, -0.05) is 19.1 Å². The second-order valence-electron chi connectivity index (χ2n) is 3.09. The summed E-state index contributed by atoms with van der Waals surface area (Å²) >= 11 is 0. The molecule has 4 nitrogen and oxygen atoms in total. The molecule has 0 aliphatic carbocycles. The molecule has 0 aliphatic heterocycles. The van der Waals surface area contributed by atoms with Crippen molar-refractivity contribution in [1.29, 1.82) is 0 Å². The van der Waals surface area contributed by atoms with Gasteiger partial charge in [0.2, 0.25) is 0 Å². The van der Waals surface area contributed by atoms with E-state index in [2.05, 4.69) is 10.6 Å². The van der Waals surface area contributed by atoms with Crippen LogP contribution in [0.1, 0.15) is 12.5 Å². The topological polar surface area (TPSA) is 64.3 Å². The number of hydrogen-bond acceptors (Lipinski definition) is 3. The Bertz CT molecular complexity index is 383. The van der Waals surface area contributed by atoms with Crippen LogP contribution >= 0.6 is 0 Å². The third-order valence-corrected chi connectivity index (χ3v) is 1.95. The highest BCUT2D eigenvalue weighted by atomic mass is 19.3. The number of halogens is 2. The van der Waals surface area contributed by atoms with E-state index in [0.29, 0.717) is 6.42 Å². The van der Waals surface area contributed by atoms with Gasteiger partial charge in [-0.25, -0.2) is 5.84 Å². The fourth-order valence-electron chi connectivity index (χ4n) is 1.11. The molecule has 88 valence electrons. The minimum atomic E-state index is -3.97. The predicted molar refractivity (Wildman–Crippen MR) is 53.7 cm³/mol. The molecular weight excluding hydrogens is 218 g/mol. The van der Waals surface area contributed by atoms with Gasteiger partial charge < -0.3 is 4.74 Å². The van der Waals surface area contributed by atoms with Gasteiger partial charge >= 0.3 is 12.0 Å². The first-order valence-electron chi connectivity index (χ1n) is 4.66. The average molecular weight is 230 g/mol. The van der Waals surface area contributed by atoms with Crippen molar-refractivity contribution < 1.29 is 18.3 Å². The maximum absolute atomic E-state index is 13.0. The standard InChI is InChI=1S/C10H12F2N2O2/c1-2-7-4-3-5-8(6-7)16-10(11,12)9(15)14-13/h3-6H,2,13H2,1H3,(H,14,15). The number of amides is 1. The van der Waals surface area contributed by atoms with Crippen molar-refractivity contribution in [1.82, 2.24) is 5.43 Å². The minimum Gasteiger partial charge on any atom is -0.425 e. The van der Waals surface area contributed by atoms with Gasteiger partial charge in [-0.15, -0.1) is 0 Å². The molecule has 1 amide bonds. The molecule has 6 heteroatoms. The van der Waals surface area contributed by atoms with E-state index in [9.17, 15) is 13.6 Å². The van der Waals surface area contributed by atoms with Gasteiger partial charge in [0.15, 0.2) is 0 Å². The maximum atomic E-state index is 13.0. The first kappa shape index (κ1) is 12.4. The Kier molecular flexibility index (Phi) is 3.78. The molecule has 0 saturated carbocycles. The summed E-state index contributed by atoms with van der Waals surface area (Å²) in [6, 6.07) is 6.13. The molecular formula is C10H12F2N2O2. The van der Waals surface area contributed by atoms with E-state index in [4.69, 9.17) is 0 Å². The lowest BCUT2D eigenvalue weighted by molar-refractivity contribution is -0.192. The van der Waals surface area contributed by atoms with Crippen molar-refractivity contribution >= 4 is 5.91 Å². The maximum Gasteiger partial charge on any atom is 0.483 e. The Morgan fingerprint density at radius 2 is 2.25 bits per heavy atom. The zero-order chi connectivity index (χ0) is 12.2. The zero-order valence-electron chi connectivity index (χ0n) is 8.67. The Morgan fingerprint density at radius 3 is 2.81 bits per heavy atom. The summed E-state index contributed by atoms with van der Waals surface area (Å²) in [6.07, 6.45) is -3.28. The molecule has 0 atom stereocenters. The van der Waals surface area contributed by atoms with Gasteiger partial charge in [0.05, 0.1) is 0 Å². The molecule has 0 fully saturated rings. The average Bonchev–Trinajstić information content (AvgIpc) is 2.27. The van der Waals surface area contributed by atoms with Crippen LogP contribution in [0.4, 0.5) is 8.78 Å². The lowest BCUT2D eigenvalue weighted by Gasteiger charge is -2.16. The Labute approximate surface area is 91.4 Å². The van der Waals surface area contributed by atoms with Crippen molar-refractivity contribution in [2.75, 3.05) is 0 Å². The van der Waals surface area contributed by atoms with E-state index in [1.165, 1.54) is 17.6 Å². The lowest BCUT2D eigenvalue weighted by atomic mass is 10.2. The Hall–Kier alpha value is -1.69. The van der Waals surface area contributed by atoms with Crippen molar-refractivity contribution in [3.05, 3.63) is 29.8 Å². The summed E-state index contributed by atoms with van der Waals surface area (Å²) in [5, 5.41) is 0. The van der Waals surface area contributed by atoms with Crippen molar-refractivity contribution in [2.45, 2.75) is 19.5 Å². The second kappa shape index (κ2) is 4.89. The number of hydrazine groups is 1. The van der Waals surface area contributed by atoms with Crippen LogP contribution in [0.15, 0.2) is 24.3 Å². The van der Waals surface area contributed by atoms with Gasteiger partial charge in [0.1, 0.15) is 5.75 Å². The Morgan fingerprint density at radius 1 is 1.56 bits per heavy atom. The van der Waals surface area contributed by atoms with Crippen LogP contribution in [0.5, 0.6) is 5.75 Å². The van der Waals surface area contributed by atoms with Crippen molar-refractivity contribution in [2.24, 2.45) is 5.84 Å². The number of nitrogens with one attached hydrogen (secondary N) is 1. The van der Waals surface area contributed by atoms with E-state index in [-0.39, 0.29) is 5.75 Å². The summed E-state index contributed by atoms with van der Waals surface area (Å²) in [5.41, 5.74) is 2.17. The largest absolute Gasteiger partial charge is 0.483 e. The highest BCUT2D eigenvalue weighted by molar-refractivity contribution is 5.81. The molecule has 0 radical (unpaired) electrons. The first-order valence-corrected chi connectivity index (χ1v) is 4.66. The molecule has 0 unspecified atom stereocenters. The number of benzene rings is 1. The quantitative estimate of drug-likeness (QED) is 0.464. The molecule has 0 bridgehead atoms. The predicted octanol–water partition coefficient (Wildman–Crippen LogP) is 1.21. The minimum absolute atomic E-state index is 0.0760. The molecule has 1 rings (SSSR count). The normalized spacial score (nSPS) is 11.0. The summed E-state index contributed by atoms with van der Waals surface area (Å²) < 4.78 is 30.3. The first-order chi connectivity index (χ1) is 7.49. The van der Waals surface area contributed by atoms with Crippen LogP contribution in [0.25, 0.3) is 0 Å². The SMILES string of the molecule is CCc1cccc(OC(F)(F)C(=O)NN)c1. The van der Waals surface area contributed by atoms with Crippen LogP contribution < -0.4 is 16.0 Å². The number of aryl methyl sites for hydroxylation is 1. The monoisotopic (exact) mass is 230 g/mol. The second-order valence-corrected chi connectivity index (χ2v) is 3.09. The van der Waals surface area contributed by atoms with E-state index >= 15 is 0 Å². The molecule has 0 aliphatic rings. The van der Waals surface area contributed by atoms with Crippen LogP contribution in [-0.4, -0.2) is 12.0 Å². The third-order valence-electron chi connectivity index (χ3n) is 1.95. The molecule has 0 aromatic heterocycles. The van der Waals surface area contributed by atoms with Gasteiger partial charge in [-0.05, 0) is 24.1 Å². The highest BCUT2D eigenvalue weighted by Gasteiger charge is 2.41. The van der Waals surface area contributed by atoms with Crippen LogP contribution in [0, 0.1) is 0 Å². The number of ether oxygens (including phenoxy) is 1. The smallest absolute Gasteiger partial charge is 0.425 e. The Balaban J connectivity index is 2.83. The van der Waals surface area contributed by atoms with E-state index in [1.54, 1.807) is 12.1 Å². The summed E-state index contributed by atoms with van der Waals surface area (Å²) in [4.78, 5) is 10.7. The fraction of sp³-hybridized carbons (Fsp3) is 0.300. The van der Waals surface area contributed by atoms with E-state index in [0.717, 1.165) is 5.56 Å². The number of alkyl halides is 2. The van der Waals surface area contributed by atoms with Crippen molar-refractivity contribution in [3.8, 4) is 5.75 Å². The fourth-order valence-corrected chi connectivity index (χ4v) is 1.11. The van der Waals surface area contributed by atoms with Crippen LogP contribution in [-0.2, 0) is 11.2 Å². The van der Waals surface area contributed by atoms with Crippen LogP contribution in [0.3, 0.4) is 0 Å². The van der Waals surface area contributed by atoms with Crippen LogP contribution in [0.2, 0.25) is 0 Å². The number of rotatable bonds is 4. The van der Waals surface area contributed by atoms with E-state index < -0.39 is 12.0 Å².